The third-order valence-electron chi connectivity index (χ3n) is 2.35. The molecule has 0 saturated carbocycles. The van der Waals surface area contributed by atoms with E-state index < -0.39 is 11.8 Å². The third-order valence-corrected chi connectivity index (χ3v) is 2.55. The molecule has 0 heterocycles. The summed E-state index contributed by atoms with van der Waals surface area (Å²) in [6, 6.07) is 8.61. The predicted octanol–water partition coefficient (Wildman–Crippen LogP) is 0.562. The number of nitrogens with one attached hydrogen (secondary N) is 3. The number of Topliss-reactive ketones (excluding diaryl/α,β-unsaturated/α-hetero) is 1. The van der Waals surface area contributed by atoms with Gasteiger partial charge in [-0.2, -0.15) is 0 Å². The van der Waals surface area contributed by atoms with Crippen molar-refractivity contribution in [3.05, 3.63) is 35.9 Å². The highest BCUT2D eigenvalue weighted by molar-refractivity contribution is 7.80. The Labute approximate surface area is 116 Å². The second-order valence-corrected chi connectivity index (χ2v) is 4.11. The van der Waals surface area contributed by atoms with Crippen molar-refractivity contribution in [1.29, 1.82) is 0 Å². The van der Waals surface area contributed by atoms with Crippen molar-refractivity contribution in [2.45, 2.75) is 6.92 Å². The van der Waals surface area contributed by atoms with Crippen LogP contribution < -0.4 is 16.3 Å². The van der Waals surface area contributed by atoms with E-state index in [0.29, 0.717) is 5.56 Å². The molecule has 0 fully saturated rings. The van der Waals surface area contributed by atoms with E-state index in [4.69, 9.17) is 12.2 Å². The SMILES string of the molecule is CONNC(=S)NC(=O)C(C)C(=O)c1ccccc1. The lowest BCUT2D eigenvalue weighted by Gasteiger charge is -2.13. The molecule has 0 aromatic heterocycles. The van der Waals surface area contributed by atoms with E-state index in [1.54, 1.807) is 30.3 Å². The van der Waals surface area contributed by atoms with Crippen molar-refractivity contribution in [3.63, 3.8) is 0 Å². The minimum atomic E-state index is -0.829. The largest absolute Gasteiger partial charge is 0.301 e. The van der Waals surface area contributed by atoms with Crippen LogP contribution in [-0.2, 0) is 9.63 Å². The molecule has 19 heavy (non-hydrogen) atoms. The first-order valence-electron chi connectivity index (χ1n) is 5.54. The summed E-state index contributed by atoms with van der Waals surface area (Å²) in [5.41, 5.74) is 5.16. The number of rotatable bonds is 5. The Morgan fingerprint density at radius 3 is 2.47 bits per heavy atom. The van der Waals surface area contributed by atoms with Gasteiger partial charge in [0.25, 0.3) is 0 Å². The zero-order valence-corrected chi connectivity index (χ0v) is 11.4. The quantitative estimate of drug-likeness (QED) is 0.317. The van der Waals surface area contributed by atoms with Gasteiger partial charge in [-0.15, -0.1) is 5.59 Å². The summed E-state index contributed by atoms with van der Waals surface area (Å²) in [5, 5.41) is 2.41. The molecule has 1 aromatic rings. The zero-order chi connectivity index (χ0) is 14.3. The highest BCUT2D eigenvalue weighted by Crippen LogP contribution is 2.08. The molecule has 1 aromatic carbocycles. The van der Waals surface area contributed by atoms with Crippen molar-refractivity contribution in [3.8, 4) is 0 Å². The van der Waals surface area contributed by atoms with E-state index in [-0.39, 0.29) is 10.9 Å². The fraction of sp³-hybridized carbons (Fsp3) is 0.250. The molecule has 102 valence electrons. The molecule has 0 aliphatic carbocycles. The average molecular weight is 281 g/mol. The lowest BCUT2D eigenvalue weighted by Crippen LogP contribution is -2.48. The second-order valence-electron chi connectivity index (χ2n) is 3.70. The van der Waals surface area contributed by atoms with Crippen molar-refractivity contribution in [1.82, 2.24) is 16.3 Å². The first-order chi connectivity index (χ1) is 9.06. The van der Waals surface area contributed by atoms with E-state index in [9.17, 15) is 9.59 Å². The number of hydrogen-bond donors (Lipinski definition) is 3. The maximum absolute atomic E-state index is 12.0. The van der Waals surface area contributed by atoms with E-state index in [2.05, 4.69) is 21.2 Å². The number of ketones is 1. The van der Waals surface area contributed by atoms with Gasteiger partial charge in [-0.25, -0.2) is 0 Å². The summed E-state index contributed by atoms with van der Waals surface area (Å²) in [4.78, 5) is 28.3. The Bertz CT molecular complexity index is 465. The summed E-state index contributed by atoms with van der Waals surface area (Å²) in [6.07, 6.45) is 0. The molecule has 6 nitrogen and oxygen atoms in total. The van der Waals surface area contributed by atoms with Crippen LogP contribution in [0.25, 0.3) is 0 Å². The van der Waals surface area contributed by atoms with Crippen LogP contribution in [0.5, 0.6) is 0 Å². The molecule has 0 aliphatic rings. The molecular weight excluding hydrogens is 266 g/mol. The second kappa shape index (κ2) is 7.57. The zero-order valence-electron chi connectivity index (χ0n) is 10.6. The normalized spacial score (nSPS) is 11.5. The van der Waals surface area contributed by atoms with Crippen molar-refractivity contribution >= 4 is 29.0 Å². The van der Waals surface area contributed by atoms with E-state index in [0.717, 1.165) is 0 Å². The number of carbonyl (C=O) groups is 2. The van der Waals surface area contributed by atoms with Gasteiger partial charge in [0, 0.05) is 5.56 Å². The van der Waals surface area contributed by atoms with Crippen LogP contribution in [0.1, 0.15) is 17.3 Å². The van der Waals surface area contributed by atoms with E-state index in [1.807, 2.05) is 0 Å². The number of hydrogen-bond acceptors (Lipinski definition) is 5. The number of amides is 1. The van der Waals surface area contributed by atoms with Gasteiger partial charge >= 0.3 is 0 Å². The molecular formula is C12H15N3O3S. The maximum Gasteiger partial charge on any atom is 0.236 e. The fourth-order valence-electron chi connectivity index (χ4n) is 1.32. The maximum atomic E-state index is 12.0. The van der Waals surface area contributed by atoms with Gasteiger partial charge in [0.15, 0.2) is 10.9 Å². The summed E-state index contributed by atoms with van der Waals surface area (Å²) >= 11 is 4.82. The first-order valence-corrected chi connectivity index (χ1v) is 5.95. The Balaban J connectivity index is 2.57. The Hall–Kier alpha value is -1.83. The highest BCUT2D eigenvalue weighted by Gasteiger charge is 2.23. The summed E-state index contributed by atoms with van der Waals surface area (Å²) in [5.74, 6) is -1.57. The van der Waals surface area contributed by atoms with Gasteiger partial charge in [-0.05, 0) is 19.1 Å². The fourth-order valence-corrected chi connectivity index (χ4v) is 1.46. The molecule has 1 atom stereocenters. The van der Waals surface area contributed by atoms with Gasteiger partial charge in [-0.1, -0.05) is 30.3 Å². The minimum absolute atomic E-state index is 0.0274. The molecule has 0 radical (unpaired) electrons. The van der Waals surface area contributed by atoms with Crippen molar-refractivity contribution in [2.75, 3.05) is 7.11 Å². The third kappa shape index (κ3) is 4.74. The standard InChI is InChI=1S/C12H15N3O3S/c1-8(10(16)9-6-4-3-5-7-9)11(17)13-12(19)14-15-18-2/h3-8,15H,1-2H3,(H2,13,14,17,19). The number of benzene rings is 1. The molecule has 0 bridgehead atoms. The molecule has 0 aliphatic heterocycles. The number of thiocarbonyl (C=S) groups is 1. The minimum Gasteiger partial charge on any atom is -0.301 e. The highest BCUT2D eigenvalue weighted by atomic mass is 32.1. The van der Waals surface area contributed by atoms with Crippen LogP contribution in [0, 0.1) is 5.92 Å². The summed E-state index contributed by atoms with van der Waals surface area (Å²) in [6.45, 7) is 1.52. The number of hydrazine groups is 1. The lowest BCUT2D eigenvalue weighted by molar-refractivity contribution is -0.121. The van der Waals surface area contributed by atoms with Crippen LogP contribution in [-0.4, -0.2) is 23.9 Å². The monoisotopic (exact) mass is 281 g/mol. The summed E-state index contributed by atoms with van der Waals surface area (Å²) < 4.78 is 0. The van der Waals surface area contributed by atoms with Crippen LogP contribution in [0.15, 0.2) is 30.3 Å². The van der Waals surface area contributed by atoms with Gasteiger partial charge < -0.3 is 5.32 Å². The van der Waals surface area contributed by atoms with Crippen molar-refractivity contribution in [2.24, 2.45) is 5.92 Å². The smallest absolute Gasteiger partial charge is 0.236 e. The Morgan fingerprint density at radius 2 is 1.89 bits per heavy atom. The van der Waals surface area contributed by atoms with Gasteiger partial charge in [0.2, 0.25) is 5.91 Å². The van der Waals surface area contributed by atoms with Gasteiger partial charge in [0.1, 0.15) is 0 Å². The molecule has 0 spiro atoms. The molecule has 1 unspecified atom stereocenters. The summed E-state index contributed by atoms with van der Waals surface area (Å²) in [7, 11) is 1.39. The van der Waals surface area contributed by atoms with E-state index >= 15 is 0 Å². The van der Waals surface area contributed by atoms with Crippen LogP contribution in [0.4, 0.5) is 0 Å². The van der Waals surface area contributed by atoms with Crippen LogP contribution in [0.3, 0.4) is 0 Å². The Kier molecular flexibility index (Phi) is 6.07. The van der Waals surface area contributed by atoms with Crippen LogP contribution in [0.2, 0.25) is 0 Å². The van der Waals surface area contributed by atoms with Gasteiger partial charge in [-0.3, -0.25) is 19.9 Å². The first kappa shape index (κ1) is 15.2. The molecule has 3 N–H and O–H groups in total. The van der Waals surface area contributed by atoms with E-state index in [1.165, 1.54) is 14.0 Å². The molecule has 7 heteroatoms. The molecule has 1 rings (SSSR count). The Morgan fingerprint density at radius 1 is 1.26 bits per heavy atom. The van der Waals surface area contributed by atoms with Crippen molar-refractivity contribution < 1.29 is 14.4 Å². The predicted molar refractivity (Wildman–Crippen MR) is 74.0 cm³/mol. The molecule has 0 saturated heterocycles. The lowest BCUT2D eigenvalue weighted by atomic mass is 9.99. The topological polar surface area (TPSA) is 79.5 Å². The van der Waals surface area contributed by atoms with Gasteiger partial charge in [0.05, 0.1) is 13.0 Å². The average Bonchev–Trinajstić information content (AvgIpc) is 2.44. The van der Waals surface area contributed by atoms with Crippen LogP contribution >= 0.6 is 12.2 Å². The molecule has 1 amide bonds. The number of carbonyl (C=O) groups excluding carboxylic acids is 2.